The maximum absolute atomic E-state index is 12.9. The number of hydrogen-bond acceptors (Lipinski definition) is 4. The Labute approximate surface area is 157 Å². The Hall–Kier alpha value is -2.83. The Kier molecular flexibility index (Phi) is 4.59. The normalized spacial score (nSPS) is 12.1. The smallest absolute Gasteiger partial charge is 0.243 e. The molecule has 0 spiro atoms. The summed E-state index contributed by atoms with van der Waals surface area (Å²) in [6.45, 7) is 0.516. The first-order valence-corrected chi connectivity index (χ1v) is 10.1. The molecule has 1 aromatic heterocycles. The number of nitrogens with zero attached hydrogens (tertiary/aromatic N) is 1. The first-order valence-electron chi connectivity index (χ1n) is 8.61. The van der Waals surface area contributed by atoms with E-state index in [2.05, 4.69) is 0 Å². The Morgan fingerprint density at radius 2 is 1.59 bits per heavy atom. The van der Waals surface area contributed by atoms with Crippen LogP contribution in [0.25, 0.3) is 21.9 Å². The zero-order valence-electron chi connectivity index (χ0n) is 14.8. The molecule has 1 heterocycles. The van der Waals surface area contributed by atoms with Crippen molar-refractivity contribution >= 4 is 32.0 Å². The molecule has 27 heavy (non-hydrogen) atoms. The van der Waals surface area contributed by atoms with Crippen molar-refractivity contribution in [3.05, 3.63) is 72.8 Å². The molecule has 138 valence electrons. The number of ether oxygens (including phenoxy) is 1. The van der Waals surface area contributed by atoms with Gasteiger partial charge in [-0.3, -0.25) is 0 Å². The predicted octanol–water partition coefficient (Wildman–Crippen LogP) is 4.29. The molecule has 4 aromatic rings. The van der Waals surface area contributed by atoms with E-state index in [1.807, 2.05) is 54.6 Å². The van der Waals surface area contributed by atoms with Crippen molar-refractivity contribution in [1.29, 1.82) is 0 Å². The van der Waals surface area contributed by atoms with E-state index in [9.17, 15) is 8.42 Å². The van der Waals surface area contributed by atoms with E-state index < -0.39 is 10.0 Å². The number of likely N-dealkylation sites (N-methyl/N-ethyl adjacent to an activating group) is 1. The van der Waals surface area contributed by atoms with Crippen LogP contribution in [-0.4, -0.2) is 32.9 Å². The quantitative estimate of drug-likeness (QED) is 0.500. The molecule has 3 aromatic carbocycles. The van der Waals surface area contributed by atoms with Crippen LogP contribution in [-0.2, 0) is 10.0 Å². The number of benzene rings is 3. The lowest BCUT2D eigenvalue weighted by Crippen LogP contribution is -2.31. The number of furan rings is 1. The molecule has 0 amide bonds. The summed E-state index contributed by atoms with van der Waals surface area (Å²) < 4.78 is 38.4. The molecule has 0 fully saturated rings. The van der Waals surface area contributed by atoms with Crippen LogP contribution in [0.5, 0.6) is 5.75 Å². The van der Waals surface area contributed by atoms with Crippen LogP contribution in [0.2, 0.25) is 0 Å². The molecule has 0 unspecified atom stereocenters. The molecular formula is C21H19NO4S. The highest BCUT2D eigenvalue weighted by Crippen LogP contribution is 2.30. The molecule has 0 aliphatic rings. The molecule has 5 nitrogen and oxygen atoms in total. The first kappa shape index (κ1) is 17.6. The average molecular weight is 381 g/mol. The summed E-state index contributed by atoms with van der Waals surface area (Å²) >= 11 is 0. The van der Waals surface area contributed by atoms with Crippen LogP contribution in [0.3, 0.4) is 0 Å². The van der Waals surface area contributed by atoms with Gasteiger partial charge in [0.15, 0.2) is 0 Å². The summed E-state index contributed by atoms with van der Waals surface area (Å²) in [4.78, 5) is 0.205. The minimum Gasteiger partial charge on any atom is -0.492 e. The number of rotatable bonds is 6. The van der Waals surface area contributed by atoms with E-state index in [1.165, 1.54) is 4.31 Å². The number of sulfonamides is 1. The molecule has 0 bridgehead atoms. The van der Waals surface area contributed by atoms with Gasteiger partial charge >= 0.3 is 0 Å². The van der Waals surface area contributed by atoms with Gasteiger partial charge in [-0.1, -0.05) is 36.4 Å². The lowest BCUT2D eigenvalue weighted by molar-refractivity contribution is 0.287. The molecule has 0 N–H and O–H groups in total. The van der Waals surface area contributed by atoms with Gasteiger partial charge in [0.1, 0.15) is 23.5 Å². The lowest BCUT2D eigenvalue weighted by Gasteiger charge is -2.17. The van der Waals surface area contributed by atoms with Gasteiger partial charge in [0.05, 0.1) is 4.90 Å². The molecule has 6 heteroatoms. The second-order valence-corrected chi connectivity index (χ2v) is 8.29. The minimum atomic E-state index is -3.63. The maximum Gasteiger partial charge on any atom is 0.243 e. The monoisotopic (exact) mass is 381 g/mol. The summed E-state index contributed by atoms with van der Waals surface area (Å²) in [5.74, 6) is 0.715. The van der Waals surface area contributed by atoms with Crippen molar-refractivity contribution in [3.8, 4) is 5.75 Å². The summed E-state index contributed by atoms with van der Waals surface area (Å²) in [6, 6.07) is 22.0. The Balaban J connectivity index is 1.54. The van der Waals surface area contributed by atoms with Gasteiger partial charge in [0.2, 0.25) is 10.0 Å². The number of hydrogen-bond donors (Lipinski definition) is 0. The predicted molar refractivity (Wildman–Crippen MR) is 105 cm³/mol. The summed E-state index contributed by atoms with van der Waals surface area (Å²) in [6.07, 6.45) is 0. The largest absolute Gasteiger partial charge is 0.492 e. The highest BCUT2D eigenvalue weighted by atomic mass is 32.2. The highest BCUT2D eigenvalue weighted by Gasteiger charge is 2.22. The van der Waals surface area contributed by atoms with Gasteiger partial charge in [0, 0.05) is 30.4 Å². The van der Waals surface area contributed by atoms with Crippen LogP contribution in [0.15, 0.2) is 82.1 Å². The Morgan fingerprint density at radius 1 is 0.889 bits per heavy atom. The van der Waals surface area contributed by atoms with E-state index in [-0.39, 0.29) is 18.0 Å². The second-order valence-electron chi connectivity index (χ2n) is 6.24. The van der Waals surface area contributed by atoms with Crippen molar-refractivity contribution in [2.75, 3.05) is 20.2 Å². The number of fused-ring (bicyclic) bond motifs is 3. The molecule has 0 radical (unpaired) electrons. The third-order valence-electron chi connectivity index (χ3n) is 4.48. The zero-order valence-corrected chi connectivity index (χ0v) is 15.6. The second kappa shape index (κ2) is 7.06. The first-order chi connectivity index (χ1) is 13.1. The summed E-state index contributed by atoms with van der Waals surface area (Å²) in [7, 11) is -2.08. The molecule has 4 rings (SSSR count). The molecule has 0 saturated carbocycles. The lowest BCUT2D eigenvalue weighted by atomic mass is 10.2. The van der Waals surface area contributed by atoms with E-state index in [4.69, 9.17) is 9.15 Å². The van der Waals surface area contributed by atoms with Crippen LogP contribution in [0.1, 0.15) is 0 Å². The number of para-hydroxylation sites is 2. The molecular weight excluding hydrogens is 362 g/mol. The van der Waals surface area contributed by atoms with Crippen molar-refractivity contribution in [1.82, 2.24) is 4.31 Å². The Bertz CT molecular complexity index is 1180. The SMILES string of the molecule is CN(CCOc1ccccc1)S(=O)(=O)c1ccc2c(c1)oc1ccccc12. The van der Waals surface area contributed by atoms with Gasteiger partial charge in [0.25, 0.3) is 0 Å². The van der Waals surface area contributed by atoms with Crippen molar-refractivity contribution < 1.29 is 17.6 Å². The standard InChI is InChI=1S/C21H19NO4S/c1-22(13-14-25-16-7-3-2-4-8-16)27(23,24)17-11-12-19-18-9-5-6-10-20(18)26-21(19)15-17/h2-12,15H,13-14H2,1H3. The molecule has 0 atom stereocenters. The van der Waals surface area contributed by atoms with Gasteiger partial charge in [-0.05, 0) is 30.3 Å². The highest BCUT2D eigenvalue weighted by molar-refractivity contribution is 7.89. The maximum atomic E-state index is 12.9. The third-order valence-corrected chi connectivity index (χ3v) is 6.33. The summed E-state index contributed by atoms with van der Waals surface area (Å²) in [5, 5.41) is 1.88. The van der Waals surface area contributed by atoms with Gasteiger partial charge in [-0.25, -0.2) is 8.42 Å². The fourth-order valence-electron chi connectivity index (χ4n) is 2.98. The van der Waals surface area contributed by atoms with Crippen molar-refractivity contribution in [2.24, 2.45) is 0 Å². The van der Waals surface area contributed by atoms with E-state index in [0.29, 0.717) is 11.3 Å². The van der Waals surface area contributed by atoms with E-state index in [1.54, 1.807) is 25.2 Å². The van der Waals surface area contributed by atoms with Gasteiger partial charge in [-0.15, -0.1) is 0 Å². The van der Waals surface area contributed by atoms with Crippen LogP contribution in [0, 0.1) is 0 Å². The fourth-order valence-corrected chi connectivity index (χ4v) is 4.15. The molecule has 0 aliphatic heterocycles. The van der Waals surface area contributed by atoms with Crippen LogP contribution < -0.4 is 4.74 Å². The Morgan fingerprint density at radius 3 is 2.41 bits per heavy atom. The van der Waals surface area contributed by atoms with E-state index in [0.717, 1.165) is 16.4 Å². The fraction of sp³-hybridized carbons (Fsp3) is 0.143. The van der Waals surface area contributed by atoms with Crippen molar-refractivity contribution in [3.63, 3.8) is 0 Å². The average Bonchev–Trinajstić information content (AvgIpc) is 3.06. The van der Waals surface area contributed by atoms with E-state index >= 15 is 0 Å². The van der Waals surface area contributed by atoms with Gasteiger partial charge < -0.3 is 9.15 Å². The molecule has 0 aliphatic carbocycles. The summed E-state index contributed by atoms with van der Waals surface area (Å²) in [5.41, 5.74) is 1.30. The van der Waals surface area contributed by atoms with Crippen LogP contribution in [0.4, 0.5) is 0 Å². The van der Waals surface area contributed by atoms with Gasteiger partial charge in [-0.2, -0.15) is 4.31 Å². The topological polar surface area (TPSA) is 59.8 Å². The zero-order chi connectivity index (χ0) is 18.9. The third kappa shape index (κ3) is 3.41. The van der Waals surface area contributed by atoms with Crippen LogP contribution >= 0.6 is 0 Å². The molecule has 0 saturated heterocycles. The van der Waals surface area contributed by atoms with Crippen molar-refractivity contribution in [2.45, 2.75) is 4.90 Å². The minimum absolute atomic E-state index is 0.205.